The van der Waals surface area contributed by atoms with E-state index >= 15 is 0 Å². The summed E-state index contributed by atoms with van der Waals surface area (Å²) in [7, 11) is -3.84. The van der Waals surface area contributed by atoms with E-state index in [1.165, 1.54) is 35.2 Å². The average Bonchev–Trinajstić information content (AvgIpc) is 2.78. The second-order valence-electron chi connectivity index (χ2n) is 8.07. The van der Waals surface area contributed by atoms with Gasteiger partial charge in [-0.1, -0.05) is 43.6 Å². The molecule has 0 heterocycles. The lowest BCUT2D eigenvalue weighted by atomic mass is 10.1. The second kappa shape index (κ2) is 12.2. The van der Waals surface area contributed by atoms with Gasteiger partial charge in [-0.2, -0.15) is 0 Å². The van der Waals surface area contributed by atoms with E-state index in [1.807, 2.05) is 6.92 Å². The van der Waals surface area contributed by atoms with Crippen LogP contribution in [0.4, 0.5) is 10.1 Å². The largest absolute Gasteiger partial charge is 0.354 e. The molecule has 1 N–H and O–H groups in total. The molecular formula is C24H31ClFN3O4S. The molecule has 0 radical (unpaired) electrons. The van der Waals surface area contributed by atoms with E-state index in [9.17, 15) is 22.4 Å². The summed E-state index contributed by atoms with van der Waals surface area (Å²) in [5, 5.41) is 3.17. The van der Waals surface area contributed by atoms with Crippen LogP contribution >= 0.6 is 11.6 Å². The van der Waals surface area contributed by atoms with E-state index < -0.39 is 34.3 Å². The molecule has 0 aliphatic rings. The molecule has 2 aromatic carbocycles. The third kappa shape index (κ3) is 7.43. The zero-order valence-electron chi connectivity index (χ0n) is 19.8. The molecule has 0 saturated carbocycles. The van der Waals surface area contributed by atoms with E-state index in [1.54, 1.807) is 26.0 Å². The maximum Gasteiger partial charge on any atom is 0.244 e. The predicted molar refractivity (Wildman–Crippen MR) is 133 cm³/mol. The topological polar surface area (TPSA) is 86.8 Å². The lowest BCUT2D eigenvalue weighted by Crippen LogP contribution is -2.52. The van der Waals surface area contributed by atoms with E-state index in [4.69, 9.17) is 11.6 Å². The number of benzene rings is 2. The first kappa shape index (κ1) is 27.6. The minimum Gasteiger partial charge on any atom is -0.354 e. The summed E-state index contributed by atoms with van der Waals surface area (Å²) in [5.74, 6) is -1.32. The first-order valence-electron chi connectivity index (χ1n) is 11.0. The Kier molecular flexibility index (Phi) is 9.88. The molecule has 0 spiro atoms. The fraction of sp³-hybridized carbons (Fsp3) is 0.417. The lowest BCUT2D eigenvalue weighted by molar-refractivity contribution is -0.140. The highest BCUT2D eigenvalue weighted by molar-refractivity contribution is 7.92. The lowest BCUT2D eigenvalue weighted by Gasteiger charge is -2.33. The molecule has 2 aromatic rings. The minimum atomic E-state index is -3.84. The first-order valence-corrected chi connectivity index (χ1v) is 13.3. The number of nitrogens with zero attached hydrogens (tertiary/aromatic N) is 2. The van der Waals surface area contributed by atoms with E-state index in [0.29, 0.717) is 23.6 Å². The van der Waals surface area contributed by atoms with Crippen LogP contribution in [0.1, 0.15) is 37.8 Å². The van der Waals surface area contributed by atoms with Crippen molar-refractivity contribution < 1.29 is 22.4 Å². The number of nitrogens with one attached hydrogen (secondary N) is 1. The van der Waals surface area contributed by atoms with Gasteiger partial charge in [-0.05, 0) is 55.2 Å². The number of halogens is 2. The van der Waals surface area contributed by atoms with Gasteiger partial charge in [0.15, 0.2) is 0 Å². The Morgan fingerprint density at radius 1 is 1.12 bits per heavy atom. The van der Waals surface area contributed by atoms with Crippen LogP contribution in [0.25, 0.3) is 0 Å². The fourth-order valence-corrected chi connectivity index (χ4v) is 4.44. The van der Waals surface area contributed by atoms with Gasteiger partial charge < -0.3 is 10.2 Å². The van der Waals surface area contributed by atoms with Crippen LogP contribution in [0.3, 0.4) is 0 Å². The third-order valence-corrected chi connectivity index (χ3v) is 6.87. The summed E-state index contributed by atoms with van der Waals surface area (Å²) in [4.78, 5) is 27.7. The number of amides is 2. The minimum absolute atomic E-state index is 0.0173. The van der Waals surface area contributed by atoms with Crippen molar-refractivity contribution >= 4 is 39.1 Å². The summed E-state index contributed by atoms with van der Waals surface area (Å²) in [6.07, 6.45) is 2.05. The van der Waals surface area contributed by atoms with Gasteiger partial charge in [-0.15, -0.1) is 0 Å². The zero-order valence-corrected chi connectivity index (χ0v) is 21.4. The molecule has 10 heteroatoms. The van der Waals surface area contributed by atoms with Crippen molar-refractivity contribution in [3.8, 4) is 0 Å². The summed E-state index contributed by atoms with van der Waals surface area (Å²) in [5.41, 5.74) is 1.62. The normalized spacial score (nSPS) is 12.2. The Labute approximate surface area is 205 Å². The van der Waals surface area contributed by atoms with Gasteiger partial charge in [0.25, 0.3) is 0 Å². The van der Waals surface area contributed by atoms with Gasteiger partial charge >= 0.3 is 0 Å². The smallest absolute Gasteiger partial charge is 0.244 e. The number of hydrogen-bond donors (Lipinski definition) is 1. The third-order valence-electron chi connectivity index (χ3n) is 5.32. The Bertz CT molecular complexity index is 1110. The highest BCUT2D eigenvalue weighted by atomic mass is 35.5. The molecule has 0 aliphatic heterocycles. The van der Waals surface area contributed by atoms with Crippen molar-refractivity contribution in [2.75, 3.05) is 23.7 Å². The van der Waals surface area contributed by atoms with Gasteiger partial charge in [-0.25, -0.2) is 12.8 Å². The SMILES string of the molecule is CCCNC(=O)C(CC)N(Cc1ccc(F)cc1)C(=O)CN(c1ccc(C)c(Cl)c1)S(C)(=O)=O. The van der Waals surface area contributed by atoms with Crippen molar-refractivity contribution in [3.05, 3.63) is 64.4 Å². The molecule has 1 atom stereocenters. The van der Waals surface area contributed by atoms with Gasteiger partial charge in [-0.3, -0.25) is 13.9 Å². The fourth-order valence-electron chi connectivity index (χ4n) is 3.42. The maximum atomic E-state index is 13.5. The first-order chi connectivity index (χ1) is 16.0. The molecule has 0 aliphatic carbocycles. The molecule has 2 amide bonds. The van der Waals surface area contributed by atoms with Crippen LogP contribution in [0, 0.1) is 12.7 Å². The molecule has 0 aromatic heterocycles. The Morgan fingerprint density at radius 3 is 2.29 bits per heavy atom. The molecule has 7 nitrogen and oxygen atoms in total. The van der Waals surface area contributed by atoms with E-state index in [-0.39, 0.29) is 18.1 Å². The van der Waals surface area contributed by atoms with Gasteiger partial charge in [0.05, 0.1) is 11.9 Å². The quantitative estimate of drug-likeness (QED) is 0.496. The number of aryl methyl sites for hydroxylation is 1. The van der Waals surface area contributed by atoms with E-state index in [2.05, 4.69) is 5.32 Å². The second-order valence-corrected chi connectivity index (χ2v) is 10.4. The highest BCUT2D eigenvalue weighted by Gasteiger charge is 2.31. The van der Waals surface area contributed by atoms with Gasteiger partial charge in [0.1, 0.15) is 18.4 Å². The van der Waals surface area contributed by atoms with Crippen LogP contribution < -0.4 is 9.62 Å². The molecule has 2 rings (SSSR count). The van der Waals surface area contributed by atoms with Crippen molar-refractivity contribution in [3.63, 3.8) is 0 Å². The molecule has 1 unspecified atom stereocenters. The molecule has 0 fully saturated rings. The zero-order chi connectivity index (χ0) is 25.5. The number of carbonyl (C=O) groups excluding carboxylic acids is 2. The number of sulfonamides is 1. The monoisotopic (exact) mass is 511 g/mol. The molecule has 34 heavy (non-hydrogen) atoms. The van der Waals surface area contributed by atoms with Crippen molar-refractivity contribution in [2.24, 2.45) is 0 Å². The highest BCUT2D eigenvalue weighted by Crippen LogP contribution is 2.25. The number of hydrogen-bond acceptors (Lipinski definition) is 4. The Balaban J connectivity index is 2.43. The summed E-state index contributed by atoms with van der Waals surface area (Å²) in [6, 6.07) is 9.50. The molecule has 0 bridgehead atoms. The van der Waals surface area contributed by atoms with Crippen LogP contribution in [-0.4, -0.2) is 50.5 Å². The van der Waals surface area contributed by atoms with Gasteiger partial charge in [0, 0.05) is 18.1 Å². The van der Waals surface area contributed by atoms with Gasteiger partial charge in [0.2, 0.25) is 21.8 Å². The van der Waals surface area contributed by atoms with Crippen LogP contribution in [0.2, 0.25) is 5.02 Å². The van der Waals surface area contributed by atoms with Crippen molar-refractivity contribution in [1.82, 2.24) is 10.2 Å². The predicted octanol–water partition coefficient (Wildman–Crippen LogP) is 3.89. The summed E-state index contributed by atoms with van der Waals surface area (Å²) < 4.78 is 39.5. The van der Waals surface area contributed by atoms with Crippen LogP contribution in [-0.2, 0) is 26.2 Å². The number of carbonyl (C=O) groups is 2. The molecular weight excluding hydrogens is 481 g/mol. The average molecular weight is 512 g/mol. The number of anilines is 1. The standard InChI is InChI=1S/C24H31ClFN3O4S/c1-5-13-27-24(31)22(6-2)28(15-18-8-10-19(26)11-9-18)23(30)16-29(34(4,32)33)20-12-7-17(3)21(25)14-20/h7-12,14,22H,5-6,13,15-16H2,1-4H3,(H,27,31). The van der Waals surface area contributed by atoms with Crippen molar-refractivity contribution in [2.45, 2.75) is 46.2 Å². The Hall–Kier alpha value is -2.65. The molecule has 186 valence electrons. The van der Waals surface area contributed by atoms with Crippen LogP contribution in [0.5, 0.6) is 0 Å². The van der Waals surface area contributed by atoms with E-state index in [0.717, 1.165) is 22.5 Å². The summed E-state index contributed by atoms with van der Waals surface area (Å²) in [6.45, 7) is 5.42. The van der Waals surface area contributed by atoms with Crippen LogP contribution in [0.15, 0.2) is 42.5 Å². The number of rotatable bonds is 11. The maximum absolute atomic E-state index is 13.5. The Morgan fingerprint density at radius 2 is 1.76 bits per heavy atom. The summed E-state index contributed by atoms with van der Waals surface area (Å²) >= 11 is 6.19. The molecule has 0 saturated heterocycles. The van der Waals surface area contributed by atoms with Crippen molar-refractivity contribution in [1.29, 1.82) is 0 Å².